The van der Waals surface area contributed by atoms with Crippen molar-refractivity contribution in [2.45, 2.75) is 26.2 Å². The maximum absolute atomic E-state index is 10.3. The number of carboxylic acid groups (broad SMARTS) is 1. The van der Waals surface area contributed by atoms with Crippen LogP contribution in [0.1, 0.15) is 26.2 Å². The van der Waals surface area contributed by atoms with Gasteiger partial charge in [-0.15, -0.1) is 6.58 Å². The van der Waals surface area contributed by atoms with E-state index in [1.54, 1.807) is 13.0 Å². The van der Waals surface area contributed by atoms with E-state index in [2.05, 4.69) is 6.58 Å². The fourth-order valence-corrected chi connectivity index (χ4v) is 0.668. The Bertz CT molecular complexity index is 168. The first-order valence-electron chi connectivity index (χ1n) is 3.69. The van der Waals surface area contributed by atoms with Crippen LogP contribution in [0.2, 0.25) is 0 Å². The zero-order valence-electron chi connectivity index (χ0n) is 6.84. The molecular formula is C9H14O2. The average molecular weight is 154 g/mol. The van der Waals surface area contributed by atoms with Crippen LogP contribution in [0.3, 0.4) is 0 Å². The van der Waals surface area contributed by atoms with Crippen molar-refractivity contribution >= 4 is 5.97 Å². The molecule has 0 bridgehead atoms. The largest absolute Gasteiger partial charge is 0.478 e. The minimum atomic E-state index is -0.830. The van der Waals surface area contributed by atoms with Gasteiger partial charge in [0.2, 0.25) is 0 Å². The highest BCUT2D eigenvalue weighted by molar-refractivity contribution is 5.85. The molecule has 0 fully saturated rings. The molecule has 0 aromatic carbocycles. The number of carbonyl (C=O) groups is 1. The van der Waals surface area contributed by atoms with Gasteiger partial charge < -0.3 is 5.11 Å². The molecule has 0 rings (SSSR count). The van der Waals surface area contributed by atoms with Gasteiger partial charge in [-0.3, -0.25) is 0 Å². The Kier molecular flexibility index (Phi) is 5.17. The molecule has 0 aliphatic heterocycles. The Morgan fingerprint density at radius 2 is 2.18 bits per heavy atom. The lowest BCUT2D eigenvalue weighted by Gasteiger charge is -1.92. The van der Waals surface area contributed by atoms with Crippen LogP contribution in [0.5, 0.6) is 0 Å². The lowest BCUT2D eigenvalue weighted by Crippen LogP contribution is -1.95. The van der Waals surface area contributed by atoms with Crippen LogP contribution in [0.15, 0.2) is 24.3 Å². The highest BCUT2D eigenvalue weighted by Gasteiger charge is 1.96. The van der Waals surface area contributed by atoms with Crippen LogP contribution in [0.25, 0.3) is 0 Å². The van der Waals surface area contributed by atoms with Crippen molar-refractivity contribution in [3.05, 3.63) is 24.3 Å². The Labute approximate surface area is 67.2 Å². The first-order chi connectivity index (χ1) is 5.18. The molecule has 0 spiro atoms. The van der Waals surface area contributed by atoms with E-state index in [1.807, 2.05) is 6.08 Å². The van der Waals surface area contributed by atoms with Gasteiger partial charge >= 0.3 is 5.97 Å². The second kappa shape index (κ2) is 5.71. The zero-order chi connectivity index (χ0) is 8.69. The van der Waals surface area contributed by atoms with Gasteiger partial charge in [-0.1, -0.05) is 12.2 Å². The Morgan fingerprint density at radius 3 is 2.64 bits per heavy atom. The van der Waals surface area contributed by atoms with Crippen LogP contribution in [0.4, 0.5) is 0 Å². The van der Waals surface area contributed by atoms with Gasteiger partial charge in [-0.05, 0) is 26.2 Å². The van der Waals surface area contributed by atoms with E-state index >= 15 is 0 Å². The summed E-state index contributed by atoms with van der Waals surface area (Å²) >= 11 is 0. The molecule has 0 heterocycles. The maximum atomic E-state index is 10.3. The second-order valence-electron chi connectivity index (χ2n) is 2.41. The molecule has 1 N–H and O–H groups in total. The number of aliphatic carboxylic acids is 1. The van der Waals surface area contributed by atoms with Gasteiger partial charge in [0.15, 0.2) is 0 Å². The van der Waals surface area contributed by atoms with Gasteiger partial charge in [0, 0.05) is 5.57 Å². The smallest absolute Gasteiger partial charge is 0.330 e. The van der Waals surface area contributed by atoms with Gasteiger partial charge in [0.25, 0.3) is 0 Å². The molecule has 2 heteroatoms. The third-order valence-corrected chi connectivity index (χ3v) is 1.40. The third kappa shape index (κ3) is 5.40. The molecule has 0 atom stereocenters. The molecule has 11 heavy (non-hydrogen) atoms. The summed E-state index contributed by atoms with van der Waals surface area (Å²) in [5.41, 5.74) is 0.425. The van der Waals surface area contributed by atoms with Gasteiger partial charge in [0.05, 0.1) is 0 Å². The molecule has 62 valence electrons. The molecule has 0 saturated heterocycles. The highest BCUT2D eigenvalue weighted by atomic mass is 16.4. The monoisotopic (exact) mass is 154 g/mol. The van der Waals surface area contributed by atoms with Gasteiger partial charge in [-0.25, -0.2) is 4.79 Å². The summed E-state index contributed by atoms with van der Waals surface area (Å²) in [6.07, 6.45) is 6.33. The van der Waals surface area contributed by atoms with Crippen molar-refractivity contribution in [3.8, 4) is 0 Å². The normalized spacial score (nSPS) is 11.2. The highest BCUT2D eigenvalue weighted by Crippen LogP contribution is 2.01. The number of allylic oxidation sites excluding steroid dienone is 2. The summed E-state index contributed by atoms with van der Waals surface area (Å²) in [5, 5.41) is 8.45. The Balaban J connectivity index is 3.56. The molecule has 0 amide bonds. The minimum Gasteiger partial charge on any atom is -0.478 e. The summed E-state index contributed by atoms with van der Waals surface area (Å²) in [5.74, 6) is -0.830. The van der Waals surface area contributed by atoms with E-state index in [0.29, 0.717) is 5.57 Å². The lowest BCUT2D eigenvalue weighted by molar-refractivity contribution is -0.132. The predicted octanol–water partition coefficient (Wildman–Crippen LogP) is 2.37. The molecule has 2 nitrogen and oxygen atoms in total. The summed E-state index contributed by atoms with van der Waals surface area (Å²) in [4.78, 5) is 10.3. The quantitative estimate of drug-likeness (QED) is 0.375. The summed E-state index contributed by atoms with van der Waals surface area (Å²) in [6, 6.07) is 0. The molecule has 0 aliphatic carbocycles. The standard InChI is InChI=1S/C9H14O2/c1-3-4-5-6-7-8(2)9(10)11/h3,7H,1,4-6H2,2H3,(H,10,11). The summed E-state index contributed by atoms with van der Waals surface area (Å²) in [7, 11) is 0. The van der Waals surface area contributed by atoms with Crippen LogP contribution < -0.4 is 0 Å². The molecule has 0 aromatic rings. The predicted molar refractivity (Wildman–Crippen MR) is 45.4 cm³/mol. The number of unbranched alkanes of at least 4 members (excludes halogenated alkanes) is 2. The Morgan fingerprint density at radius 1 is 1.55 bits per heavy atom. The molecule has 0 unspecified atom stereocenters. The maximum Gasteiger partial charge on any atom is 0.330 e. The first-order valence-corrected chi connectivity index (χ1v) is 3.69. The second-order valence-corrected chi connectivity index (χ2v) is 2.41. The van der Waals surface area contributed by atoms with E-state index in [0.717, 1.165) is 19.3 Å². The van der Waals surface area contributed by atoms with Gasteiger partial charge in [-0.2, -0.15) is 0 Å². The van der Waals surface area contributed by atoms with E-state index in [4.69, 9.17) is 5.11 Å². The molecule has 0 saturated carbocycles. The van der Waals surface area contributed by atoms with Crippen LogP contribution in [-0.4, -0.2) is 11.1 Å². The van der Waals surface area contributed by atoms with E-state index < -0.39 is 5.97 Å². The van der Waals surface area contributed by atoms with Crippen molar-refractivity contribution in [1.29, 1.82) is 0 Å². The van der Waals surface area contributed by atoms with Crippen molar-refractivity contribution < 1.29 is 9.90 Å². The number of hydrogen-bond donors (Lipinski definition) is 1. The van der Waals surface area contributed by atoms with Crippen LogP contribution >= 0.6 is 0 Å². The fraction of sp³-hybridized carbons (Fsp3) is 0.444. The van der Waals surface area contributed by atoms with E-state index in [-0.39, 0.29) is 0 Å². The van der Waals surface area contributed by atoms with Gasteiger partial charge in [0.1, 0.15) is 0 Å². The molecule has 0 radical (unpaired) electrons. The summed E-state index contributed by atoms with van der Waals surface area (Å²) < 4.78 is 0. The number of rotatable bonds is 5. The molecular weight excluding hydrogens is 140 g/mol. The SMILES string of the molecule is C=CCCCC=C(C)C(=O)O. The Hall–Kier alpha value is -1.05. The average Bonchev–Trinajstić information content (AvgIpc) is 1.97. The zero-order valence-corrected chi connectivity index (χ0v) is 6.84. The topological polar surface area (TPSA) is 37.3 Å². The van der Waals surface area contributed by atoms with Crippen LogP contribution in [0, 0.1) is 0 Å². The molecule has 0 aromatic heterocycles. The fourth-order valence-electron chi connectivity index (χ4n) is 0.668. The van der Waals surface area contributed by atoms with E-state index in [1.165, 1.54) is 0 Å². The van der Waals surface area contributed by atoms with Crippen molar-refractivity contribution in [1.82, 2.24) is 0 Å². The number of carboxylic acids is 1. The van der Waals surface area contributed by atoms with Crippen molar-refractivity contribution in [3.63, 3.8) is 0 Å². The first kappa shape index (κ1) is 9.95. The van der Waals surface area contributed by atoms with Crippen LogP contribution in [-0.2, 0) is 4.79 Å². The van der Waals surface area contributed by atoms with Crippen molar-refractivity contribution in [2.24, 2.45) is 0 Å². The third-order valence-electron chi connectivity index (χ3n) is 1.40. The number of hydrogen-bond acceptors (Lipinski definition) is 1. The molecule has 0 aliphatic rings. The van der Waals surface area contributed by atoms with Crippen molar-refractivity contribution in [2.75, 3.05) is 0 Å². The minimum absolute atomic E-state index is 0.425. The van der Waals surface area contributed by atoms with E-state index in [9.17, 15) is 4.79 Å². The summed E-state index contributed by atoms with van der Waals surface area (Å²) in [6.45, 7) is 5.18. The lowest BCUT2D eigenvalue weighted by atomic mass is 10.2.